The summed E-state index contributed by atoms with van der Waals surface area (Å²) in [5, 5.41) is 3.32. The van der Waals surface area contributed by atoms with Gasteiger partial charge in [-0.2, -0.15) is 0 Å². The molecule has 1 aliphatic carbocycles. The van der Waals surface area contributed by atoms with Crippen molar-refractivity contribution in [1.82, 2.24) is 15.0 Å². The highest BCUT2D eigenvalue weighted by Gasteiger charge is 2.33. The Morgan fingerprint density at radius 3 is 2.71 bits per heavy atom. The molecule has 1 aliphatic rings. The number of nitrogens with zero attached hydrogens (tertiary/aromatic N) is 1. The highest BCUT2D eigenvalue weighted by atomic mass is 32.2. The molecule has 0 aromatic carbocycles. The number of ether oxygens (including phenoxy) is 1. The number of pyridine rings is 1. The summed E-state index contributed by atoms with van der Waals surface area (Å²) in [6.07, 6.45) is 4.27. The highest BCUT2D eigenvalue weighted by Crippen LogP contribution is 2.24. The summed E-state index contributed by atoms with van der Waals surface area (Å²) in [5.41, 5.74) is 0.977. The molecule has 0 radical (unpaired) electrons. The summed E-state index contributed by atoms with van der Waals surface area (Å²) < 4.78 is 32.1. The van der Waals surface area contributed by atoms with Gasteiger partial charge in [0.15, 0.2) is 5.03 Å². The summed E-state index contributed by atoms with van der Waals surface area (Å²) in [5.74, 6) is 0. The maximum atomic E-state index is 12.2. The van der Waals surface area contributed by atoms with Gasteiger partial charge in [-0.15, -0.1) is 0 Å². The smallest absolute Gasteiger partial charge is 0.258 e. The maximum absolute atomic E-state index is 12.2. The van der Waals surface area contributed by atoms with Crippen molar-refractivity contribution in [3.63, 3.8) is 0 Å². The van der Waals surface area contributed by atoms with E-state index in [1.54, 1.807) is 25.4 Å². The molecular weight excluding hydrogens is 290 g/mol. The van der Waals surface area contributed by atoms with Crippen molar-refractivity contribution < 1.29 is 13.2 Å². The summed E-state index contributed by atoms with van der Waals surface area (Å²) in [4.78, 5) is 4.06. The first-order valence-electron chi connectivity index (χ1n) is 7.26. The molecule has 1 aromatic heterocycles. The second-order valence-electron chi connectivity index (χ2n) is 5.33. The van der Waals surface area contributed by atoms with Crippen molar-refractivity contribution >= 4 is 10.0 Å². The number of hydrogen-bond donors (Lipinski definition) is 2. The van der Waals surface area contributed by atoms with Gasteiger partial charge in [-0.3, -0.25) is 0 Å². The summed E-state index contributed by atoms with van der Waals surface area (Å²) >= 11 is 0. The van der Waals surface area contributed by atoms with Crippen LogP contribution in [0, 0.1) is 0 Å². The average molecular weight is 313 g/mol. The molecule has 0 amide bonds. The predicted octanol–water partition coefficient (Wildman–Crippen LogP) is 1.04. The Kier molecular flexibility index (Phi) is 5.69. The van der Waals surface area contributed by atoms with Gasteiger partial charge in [0.2, 0.25) is 0 Å². The van der Waals surface area contributed by atoms with E-state index in [-0.39, 0.29) is 17.2 Å². The van der Waals surface area contributed by atoms with Crippen LogP contribution in [-0.4, -0.2) is 39.2 Å². The lowest BCUT2D eigenvalue weighted by atomic mass is 9.90. The minimum absolute atomic E-state index is 0.0485. The molecule has 1 fully saturated rings. The van der Waals surface area contributed by atoms with Crippen molar-refractivity contribution in [2.24, 2.45) is 0 Å². The lowest BCUT2D eigenvalue weighted by molar-refractivity contribution is 0.0236. The minimum Gasteiger partial charge on any atom is -0.381 e. The fourth-order valence-electron chi connectivity index (χ4n) is 2.22. The Morgan fingerprint density at radius 2 is 2.14 bits per heavy atom. The van der Waals surface area contributed by atoms with Gasteiger partial charge in [0.05, 0.1) is 6.10 Å². The number of hydrogen-bond acceptors (Lipinski definition) is 5. The molecule has 2 rings (SSSR count). The molecule has 7 heteroatoms. The Bertz CT molecular complexity index is 539. The van der Waals surface area contributed by atoms with E-state index in [9.17, 15) is 8.42 Å². The summed E-state index contributed by atoms with van der Waals surface area (Å²) in [6, 6.07) is 3.30. The van der Waals surface area contributed by atoms with Gasteiger partial charge >= 0.3 is 0 Å². The van der Waals surface area contributed by atoms with Crippen LogP contribution in [0.5, 0.6) is 0 Å². The molecule has 0 saturated heterocycles. The normalized spacial score (nSPS) is 22.0. The molecule has 0 atom stereocenters. The van der Waals surface area contributed by atoms with Gasteiger partial charge in [0, 0.05) is 25.9 Å². The van der Waals surface area contributed by atoms with Crippen molar-refractivity contribution in [3.05, 3.63) is 23.9 Å². The topological polar surface area (TPSA) is 80.3 Å². The van der Waals surface area contributed by atoms with Crippen LogP contribution in [0.2, 0.25) is 0 Å². The van der Waals surface area contributed by atoms with E-state index >= 15 is 0 Å². The van der Waals surface area contributed by atoms with Crippen molar-refractivity contribution in [3.8, 4) is 0 Å². The van der Waals surface area contributed by atoms with Crippen LogP contribution in [0.4, 0.5) is 0 Å². The Labute approximate surface area is 126 Å². The van der Waals surface area contributed by atoms with Crippen LogP contribution in [0.3, 0.4) is 0 Å². The zero-order valence-corrected chi connectivity index (χ0v) is 13.3. The van der Waals surface area contributed by atoms with E-state index in [1.807, 2.05) is 0 Å². The van der Waals surface area contributed by atoms with Crippen LogP contribution < -0.4 is 10.0 Å². The van der Waals surface area contributed by atoms with Crippen molar-refractivity contribution in [1.29, 1.82) is 0 Å². The number of sulfonamides is 1. The second kappa shape index (κ2) is 7.31. The highest BCUT2D eigenvalue weighted by molar-refractivity contribution is 7.89. The summed E-state index contributed by atoms with van der Waals surface area (Å²) in [6.45, 7) is 3.73. The third kappa shape index (κ3) is 4.47. The number of nitrogens with one attached hydrogen (secondary N) is 2. The van der Waals surface area contributed by atoms with Gasteiger partial charge in [0.25, 0.3) is 10.0 Å². The standard InChI is InChI=1S/C14H23N3O3S/c1-3-6-15-9-11-4-5-14(16-10-11)21(18,19)17-12-7-13(8-12)20-2/h4-5,10,12-13,15,17H,3,6-9H2,1-2H3. The third-order valence-electron chi connectivity index (χ3n) is 3.58. The fourth-order valence-corrected chi connectivity index (χ4v) is 3.41. The average Bonchev–Trinajstić information content (AvgIpc) is 2.43. The molecule has 0 aliphatic heterocycles. The van der Waals surface area contributed by atoms with E-state index in [0.29, 0.717) is 6.54 Å². The van der Waals surface area contributed by atoms with Crippen LogP contribution in [0.15, 0.2) is 23.4 Å². The van der Waals surface area contributed by atoms with Gasteiger partial charge in [-0.05, 0) is 37.4 Å². The molecule has 0 spiro atoms. The minimum atomic E-state index is -3.53. The van der Waals surface area contributed by atoms with Crippen LogP contribution in [0.1, 0.15) is 31.7 Å². The Morgan fingerprint density at radius 1 is 1.38 bits per heavy atom. The van der Waals surface area contributed by atoms with Gasteiger partial charge in [-0.25, -0.2) is 18.1 Å². The molecule has 118 valence electrons. The zero-order valence-electron chi connectivity index (χ0n) is 12.5. The van der Waals surface area contributed by atoms with E-state index in [0.717, 1.165) is 31.4 Å². The van der Waals surface area contributed by atoms with Gasteiger partial charge < -0.3 is 10.1 Å². The molecule has 6 nitrogen and oxygen atoms in total. The molecular formula is C14H23N3O3S. The Balaban J connectivity index is 1.91. The largest absolute Gasteiger partial charge is 0.381 e. The van der Waals surface area contributed by atoms with Crippen molar-refractivity contribution in [2.75, 3.05) is 13.7 Å². The molecule has 1 aromatic rings. The molecule has 0 bridgehead atoms. The first-order valence-corrected chi connectivity index (χ1v) is 8.74. The maximum Gasteiger partial charge on any atom is 0.258 e. The lowest BCUT2D eigenvalue weighted by Gasteiger charge is -2.34. The quantitative estimate of drug-likeness (QED) is 0.701. The molecule has 1 saturated carbocycles. The molecule has 21 heavy (non-hydrogen) atoms. The number of aromatic nitrogens is 1. The lowest BCUT2D eigenvalue weighted by Crippen LogP contribution is -2.47. The SMILES string of the molecule is CCCNCc1ccc(S(=O)(=O)NC2CC(OC)C2)nc1. The molecule has 0 unspecified atom stereocenters. The van der Waals surface area contributed by atoms with Crippen LogP contribution >= 0.6 is 0 Å². The van der Waals surface area contributed by atoms with E-state index < -0.39 is 10.0 Å². The Hall–Kier alpha value is -1.02. The van der Waals surface area contributed by atoms with Gasteiger partial charge in [-0.1, -0.05) is 13.0 Å². The first-order chi connectivity index (χ1) is 10.0. The molecule has 1 heterocycles. The van der Waals surface area contributed by atoms with Gasteiger partial charge in [0.1, 0.15) is 0 Å². The van der Waals surface area contributed by atoms with Crippen LogP contribution in [-0.2, 0) is 21.3 Å². The third-order valence-corrected chi connectivity index (χ3v) is 5.01. The van der Waals surface area contributed by atoms with E-state index in [1.165, 1.54) is 0 Å². The predicted molar refractivity (Wildman–Crippen MR) is 80.4 cm³/mol. The van der Waals surface area contributed by atoms with E-state index in [2.05, 4.69) is 21.9 Å². The zero-order chi connectivity index (χ0) is 15.3. The van der Waals surface area contributed by atoms with Crippen LogP contribution in [0.25, 0.3) is 0 Å². The number of methoxy groups -OCH3 is 1. The molecule has 2 N–H and O–H groups in total. The summed E-state index contributed by atoms with van der Waals surface area (Å²) in [7, 11) is -1.89. The van der Waals surface area contributed by atoms with E-state index in [4.69, 9.17) is 4.74 Å². The fraction of sp³-hybridized carbons (Fsp3) is 0.643. The van der Waals surface area contributed by atoms with Crippen molar-refractivity contribution in [2.45, 2.75) is 49.9 Å². The first kappa shape index (κ1) is 16.4. The second-order valence-corrected chi connectivity index (χ2v) is 6.99. The number of rotatable bonds is 8. The monoisotopic (exact) mass is 313 g/mol.